The van der Waals surface area contributed by atoms with Gasteiger partial charge in [0.2, 0.25) is 0 Å². The van der Waals surface area contributed by atoms with Gasteiger partial charge < -0.3 is 0 Å². The average molecular weight is 264 g/mol. The second kappa shape index (κ2) is 4.11. The third-order valence-corrected chi connectivity index (χ3v) is 4.74. The van der Waals surface area contributed by atoms with Gasteiger partial charge in [0.15, 0.2) is 0 Å². The van der Waals surface area contributed by atoms with E-state index in [0.717, 1.165) is 0 Å². The Morgan fingerprint density at radius 3 is 2.31 bits per heavy atom. The number of thiophene rings is 1. The minimum Gasteiger partial charge on any atom is -0.258 e. The van der Waals surface area contributed by atoms with Crippen molar-refractivity contribution in [3.8, 4) is 0 Å². The Labute approximate surface area is 97.5 Å². The predicted molar refractivity (Wildman–Crippen MR) is 61.0 cm³/mol. The van der Waals surface area contributed by atoms with Crippen molar-refractivity contribution in [1.29, 1.82) is 0 Å². The molecule has 0 unspecified atom stereocenters. The van der Waals surface area contributed by atoms with Crippen molar-refractivity contribution in [1.82, 2.24) is 4.72 Å². The molecule has 0 aliphatic carbocycles. The Kier molecular flexibility index (Phi) is 3.36. The van der Waals surface area contributed by atoms with Crippen LogP contribution in [0.3, 0.4) is 0 Å². The molecule has 0 bridgehead atoms. The summed E-state index contributed by atoms with van der Waals surface area (Å²) in [6, 6.07) is 2.42. The first-order valence-corrected chi connectivity index (χ1v) is 6.70. The number of hydrogen-bond acceptors (Lipinski definition) is 5. The third kappa shape index (κ3) is 3.26. The summed E-state index contributed by atoms with van der Waals surface area (Å²) in [7, 11) is -3.67. The highest BCUT2D eigenvalue weighted by Crippen LogP contribution is 2.28. The molecule has 90 valence electrons. The molecule has 0 fully saturated rings. The van der Waals surface area contributed by atoms with Gasteiger partial charge in [-0.1, -0.05) is 0 Å². The van der Waals surface area contributed by atoms with Gasteiger partial charge in [0.1, 0.15) is 4.21 Å². The molecule has 0 radical (unpaired) electrons. The van der Waals surface area contributed by atoms with Crippen LogP contribution in [0, 0.1) is 10.1 Å². The Morgan fingerprint density at radius 1 is 1.38 bits per heavy atom. The zero-order valence-corrected chi connectivity index (χ0v) is 10.7. The van der Waals surface area contributed by atoms with E-state index in [2.05, 4.69) is 4.72 Å². The summed E-state index contributed by atoms with van der Waals surface area (Å²) in [5.41, 5.74) is -0.613. The fourth-order valence-electron chi connectivity index (χ4n) is 1.01. The lowest BCUT2D eigenvalue weighted by atomic mass is 10.1. The van der Waals surface area contributed by atoms with Crippen LogP contribution < -0.4 is 4.72 Å². The summed E-state index contributed by atoms with van der Waals surface area (Å²) < 4.78 is 25.9. The first-order valence-electron chi connectivity index (χ1n) is 4.40. The molecule has 1 N–H and O–H groups in total. The molecule has 0 saturated carbocycles. The van der Waals surface area contributed by atoms with Crippen molar-refractivity contribution in [3.05, 3.63) is 22.2 Å². The first kappa shape index (κ1) is 13.1. The number of sulfonamides is 1. The van der Waals surface area contributed by atoms with Crippen LogP contribution in [0.1, 0.15) is 20.8 Å². The van der Waals surface area contributed by atoms with Crippen LogP contribution in [0.15, 0.2) is 16.3 Å². The minimum absolute atomic E-state index is 0.0471. The van der Waals surface area contributed by atoms with Gasteiger partial charge in [-0.15, -0.1) is 0 Å². The predicted octanol–water partition coefficient (Wildman–Crippen LogP) is 1.73. The maximum absolute atomic E-state index is 11.8. The fraction of sp³-hybridized carbons (Fsp3) is 0.500. The smallest absolute Gasteiger partial charge is 0.258 e. The standard InChI is InChI=1S/C8H12N2O4S2/c1-8(2,3)9-16(13,14)7-5-4-6(15-7)10(11)12/h4-5,9H,1-3H3. The van der Waals surface area contributed by atoms with Gasteiger partial charge in [-0.25, -0.2) is 13.1 Å². The van der Waals surface area contributed by atoms with Crippen molar-refractivity contribution < 1.29 is 13.3 Å². The number of hydrogen-bond donors (Lipinski definition) is 1. The highest BCUT2D eigenvalue weighted by atomic mass is 32.2. The quantitative estimate of drug-likeness (QED) is 0.665. The summed E-state index contributed by atoms with van der Waals surface area (Å²) >= 11 is 0.639. The van der Waals surface area contributed by atoms with Crippen LogP contribution in [-0.4, -0.2) is 18.9 Å². The molecular formula is C8H12N2O4S2. The molecule has 0 aliphatic rings. The number of nitrogens with one attached hydrogen (secondary N) is 1. The van der Waals surface area contributed by atoms with E-state index in [1.165, 1.54) is 12.1 Å². The van der Waals surface area contributed by atoms with E-state index in [1.807, 2.05) is 0 Å². The molecule has 1 aromatic heterocycles. The Balaban J connectivity index is 3.04. The second-order valence-corrected chi connectivity index (χ2v) is 7.18. The van der Waals surface area contributed by atoms with Crippen LogP contribution >= 0.6 is 11.3 Å². The van der Waals surface area contributed by atoms with Gasteiger partial charge in [0.05, 0.1) is 4.92 Å². The number of nitrogens with zero attached hydrogens (tertiary/aromatic N) is 1. The summed E-state index contributed by atoms with van der Waals surface area (Å²) in [6.45, 7) is 5.10. The highest BCUT2D eigenvalue weighted by molar-refractivity contribution is 7.91. The Hall–Kier alpha value is -0.990. The largest absolute Gasteiger partial charge is 0.325 e. The Bertz CT molecular complexity index is 498. The molecule has 16 heavy (non-hydrogen) atoms. The van der Waals surface area contributed by atoms with Crippen LogP contribution in [0.25, 0.3) is 0 Å². The van der Waals surface area contributed by atoms with E-state index in [1.54, 1.807) is 20.8 Å². The van der Waals surface area contributed by atoms with Crippen molar-refractivity contribution in [2.45, 2.75) is 30.5 Å². The van der Waals surface area contributed by atoms with E-state index in [4.69, 9.17) is 0 Å². The lowest BCUT2D eigenvalue weighted by Gasteiger charge is -2.19. The van der Waals surface area contributed by atoms with Gasteiger partial charge in [-0.05, 0) is 38.2 Å². The molecular weight excluding hydrogens is 252 g/mol. The monoisotopic (exact) mass is 264 g/mol. The molecule has 6 nitrogen and oxygen atoms in total. The van der Waals surface area contributed by atoms with Crippen molar-refractivity contribution in [2.24, 2.45) is 0 Å². The molecule has 0 aliphatic heterocycles. The molecule has 0 spiro atoms. The van der Waals surface area contributed by atoms with E-state index < -0.39 is 20.5 Å². The highest BCUT2D eigenvalue weighted by Gasteiger charge is 2.25. The maximum Gasteiger partial charge on any atom is 0.325 e. The summed E-state index contributed by atoms with van der Waals surface area (Å²) in [4.78, 5) is 9.82. The molecule has 8 heteroatoms. The number of nitro groups is 1. The van der Waals surface area contributed by atoms with Crippen LogP contribution in [0.5, 0.6) is 0 Å². The van der Waals surface area contributed by atoms with E-state index in [0.29, 0.717) is 11.3 Å². The van der Waals surface area contributed by atoms with Crippen LogP contribution in [-0.2, 0) is 10.0 Å². The number of rotatable bonds is 3. The van der Waals surface area contributed by atoms with Gasteiger partial charge in [-0.3, -0.25) is 10.1 Å². The average Bonchev–Trinajstić information content (AvgIpc) is 2.46. The summed E-state index contributed by atoms with van der Waals surface area (Å²) in [5.74, 6) is 0. The van der Waals surface area contributed by atoms with Crippen molar-refractivity contribution >= 4 is 26.4 Å². The molecule has 1 aromatic rings. The molecule has 0 aromatic carbocycles. The van der Waals surface area contributed by atoms with Crippen LogP contribution in [0.2, 0.25) is 0 Å². The fourth-order valence-corrected chi connectivity index (χ4v) is 3.53. The second-order valence-electron chi connectivity index (χ2n) is 4.21. The molecule has 1 rings (SSSR count). The third-order valence-electron chi connectivity index (χ3n) is 1.45. The normalized spacial score (nSPS) is 12.7. The zero-order valence-electron chi connectivity index (χ0n) is 9.05. The summed E-state index contributed by atoms with van der Waals surface area (Å²) in [6.07, 6.45) is 0. The maximum atomic E-state index is 11.8. The zero-order chi connectivity index (χ0) is 12.6. The van der Waals surface area contributed by atoms with E-state index >= 15 is 0 Å². The van der Waals surface area contributed by atoms with Gasteiger partial charge in [0.25, 0.3) is 10.0 Å². The van der Waals surface area contributed by atoms with E-state index in [-0.39, 0.29) is 9.21 Å². The first-order chi connectivity index (χ1) is 7.12. The molecule has 0 atom stereocenters. The molecule has 0 saturated heterocycles. The van der Waals surface area contributed by atoms with Crippen molar-refractivity contribution in [2.75, 3.05) is 0 Å². The van der Waals surface area contributed by atoms with Gasteiger partial charge in [0, 0.05) is 11.6 Å². The van der Waals surface area contributed by atoms with E-state index in [9.17, 15) is 18.5 Å². The lowest BCUT2D eigenvalue weighted by molar-refractivity contribution is -0.380. The molecule has 0 amide bonds. The van der Waals surface area contributed by atoms with Crippen LogP contribution in [0.4, 0.5) is 5.00 Å². The lowest BCUT2D eigenvalue weighted by Crippen LogP contribution is -2.40. The minimum atomic E-state index is -3.67. The Morgan fingerprint density at radius 2 is 1.94 bits per heavy atom. The van der Waals surface area contributed by atoms with Crippen molar-refractivity contribution in [3.63, 3.8) is 0 Å². The SMILES string of the molecule is CC(C)(C)NS(=O)(=O)c1ccc([N+](=O)[O-])s1. The van der Waals surface area contributed by atoms with Gasteiger partial charge in [-0.2, -0.15) is 0 Å². The molecule has 1 heterocycles. The summed E-state index contributed by atoms with van der Waals surface area (Å²) in [5, 5.41) is 10.2. The topological polar surface area (TPSA) is 89.3 Å². The van der Waals surface area contributed by atoms with Gasteiger partial charge >= 0.3 is 5.00 Å².